The topological polar surface area (TPSA) is 89.5 Å². The van der Waals surface area contributed by atoms with Gasteiger partial charge in [0.15, 0.2) is 5.13 Å². The minimum atomic E-state index is -0.524. The molecule has 10 heteroatoms. The number of hydrogen-bond acceptors (Lipinski definition) is 7. The average molecular weight is 661 g/mol. The molecular formula is C32H26BrN3O4S2. The Morgan fingerprint density at radius 2 is 1.50 bits per heavy atom. The molecule has 5 aromatic rings. The van der Waals surface area contributed by atoms with E-state index in [0.29, 0.717) is 27.9 Å². The third-order valence-corrected chi connectivity index (χ3v) is 8.79. The van der Waals surface area contributed by atoms with E-state index >= 15 is 0 Å². The highest BCUT2D eigenvalue weighted by Gasteiger charge is 2.24. The van der Waals surface area contributed by atoms with Crippen LogP contribution in [-0.2, 0) is 4.79 Å². The summed E-state index contributed by atoms with van der Waals surface area (Å²) in [6.45, 7) is 0. The summed E-state index contributed by atoms with van der Waals surface area (Å²) in [5.74, 6) is 0.306. The van der Waals surface area contributed by atoms with E-state index < -0.39 is 5.25 Å². The largest absolute Gasteiger partial charge is 0.496 e. The molecule has 4 aromatic carbocycles. The summed E-state index contributed by atoms with van der Waals surface area (Å²) >= 11 is 6.25. The van der Waals surface area contributed by atoms with Crippen molar-refractivity contribution in [3.05, 3.63) is 118 Å². The maximum absolute atomic E-state index is 13.5. The monoisotopic (exact) mass is 659 g/mol. The van der Waals surface area contributed by atoms with Gasteiger partial charge in [-0.2, -0.15) is 0 Å². The number of carbonyl (C=O) groups is 2. The maximum Gasteiger partial charge on any atom is 0.263 e. The Bertz CT molecular complexity index is 1650. The first kappa shape index (κ1) is 29.4. The predicted molar refractivity (Wildman–Crippen MR) is 173 cm³/mol. The number of halogens is 1. The summed E-state index contributed by atoms with van der Waals surface area (Å²) in [4.78, 5) is 32.1. The number of nitrogens with zero attached hydrogens (tertiary/aromatic N) is 1. The number of methoxy groups -OCH3 is 2. The molecule has 0 aliphatic heterocycles. The van der Waals surface area contributed by atoms with Gasteiger partial charge < -0.3 is 20.1 Å². The number of anilines is 2. The second-order valence-corrected chi connectivity index (χ2v) is 11.9. The molecule has 1 unspecified atom stereocenters. The predicted octanol–water partition coefficient (Wildman–Crippen LogP) is 8.31. The molecule has 7 nitrogen and oxygen atoms in total. The Labute approximate surface area is 260 Å². The lowest BCUT2D eigenvalue weighted by molar-refractivity contribution is -0.115. The van der Waals surface area contributed by atoms with Crippen LogP contribution in [0.15, 0.2) is 112 Å². The van der Waals surface area contributed by atoms with Gasteiger partial charge in [0.25, 0.3) is 5.91 Å². The van der Waals surface area contributed by atoms with Gasteiger partial charge >= 0.3 is 0 Å². The lowest BCUT2D eigenvalue weighted by Crippen LogP contribution is -2.19. The molecule has 2 N–H and O–H groups in total. The lowest BCUT2D eigenvalue weighted by atomic mass is 10.1. The van der Waals surface area contributed by atoms with Crippen LogP contribution in [0, 0.1) is 0 Å². The normalized spacial score (nSPS) is 11.4. The molecule has 0 radical (unpaired) electrons. The summed E-state index contributed by atoms with van der Waals surface area (Å²) in [6.07, 6.45) is 0. The number of carbonyl (C=O) groups excluding carboxylic acids is 2. The number of thiazole rings is 1. The highest BCUT2D eigenvalue weighted by atomic mass is 79.9. The Kier molecular flexibility index (Phi) is 9.58. The molecule has 42 heavy (non-hydrogen) atoms. The molecule has 1 aromatic heterocycles. The smallest absolute Gasteiger partial charge is 0.263 e. The van der Waals surface area contributed by atoms with E-state index in [2.05, 4.69) is 31.5 Å². The molecule has 212 valence electrons. The second kappa shape index (κ2) is 13.7. The minimum absolute atomic E-state index is 0.177. The van der Waals surface area contributed by atoms with Crippen molar-refractivity contribution in [2.45, 2.75) is 10.1 Å². The minimum Gasteiger partial charge on any atom is -0.496 e. The number of benzene rings is 4. The van der Waals surface area contributed by atoms with Crippen molar-refractivity contribution >= 4 is 61.7 Å². The van der Waals surface area contributed by atoms with Crippen LogP contribution in [-0.4, -0.2) is 31.0 Å². The summed E-state index contributed by atoms with van der Waals surface area (Å²) in [5, 5.41) is 7.83. The molecule has 0 aliphatic carbocycles. The maximum atomic E-state index is 13.5. The van der Waals surface area contributed by atoms with Crippen LogP contribution in [0.5, 0.6) is 11.5 Å². The Hall–Kier alpha value is -4.12. The molecule has 0 saturated carbocycles. The molecule has 0 spiro atoms. The van der Waals surface area contributed by atoms with E-state index in [1.165, 1.54) is 37.3 Å². The van der Waals surface area contributed by atoms with E-state index in [-0.39, 0.29) is 11.8 Å². The van der Waals surface area contributed by atoms with Gasteiger partial charge in [-0.1, -0.05) is 64.5 Å². The zero-order valence-corrected chi connectivity index (χ0v) is 25.9. The Balaban J connectivity index is 1.31. The lowest BCUT2D eigenvalue weighted by Gasteiger charge is -2.17. The Morgan fingerprint density at radius 3 is 2.14 bits per heavy atom. The summed E-state index contributed by atoms with van der Waals surface area (Å²) in [7, 11) is 3.01. The SMILES string of the molecule is COc1cccc(OC)c1C(=O)Nc1ccc(SC(C(=O)Nc2nc(-c3ccc(Br)cc3)cs2)c2ccccc2)cc1. The molecule has 1 heterocycles. The number of aromatic nitrogens is 1. The van der Waals surface area contributed by atoms with E-state index in [1.807, 2.05) is 72.1 Å². The van der Waals surface area contributed by atoms with Crippen molar-refractivity contribution < 1.29 is 19.1 Å². The fraction of sp³-hybridized carbons (Fsp3) is 0.0938. The van der Waals surface area contributed by atoms with Gasteiger partial charge in [-0.15, -0.1) is 23.1 Å². The highest BCUT2D eigenvalue weighted by molar-refractivity contribution is 9.10. The van der Waals surface area contributed by atoms with E-state index in [4.69, 9.17) is 9.47 Å². The molecular weight excluding hydrogens is 634 g/mol. The van der Waals surface area contributed by atoms with Gasteiger partial charge in [-0.05, 0) is 54.1 Å². The summed E-state index contributed by atoms with van der Waals surface area (Å²) in [5.41, 5.74) is 3.55. The van der Waals surface area contributed by atoms with Crippen LogP contribution in [0.1, 0.15) is 21.2 Å². The molecule has 5 rings (SSSR count). The number of thioether (sulfide) groups is 1. The number of rotatable bonds is 10. The van der Waals surface area contributed by atoms with Crippen LogP contribution < -0.4 is 20.1 Å². The third-order valence-electron chi connectivity index (χ3n) is 6.24. The zero-order chi connectivity index (χ0) is 29.5. The van der Waals surface area contributed by atoms with E-state index in [0.717, 1.165) is 26.2 Å². The van der Waals surface area contributed by atoms with Crippen LogP contribution in [0.3, 0.4) is 0 Å². The van der Waals surface area contributed by atoms with Gasteiger partial charge in [-0.3, -0.25) is 9.59 Å². The first-order chi connectivity index (χ1) is 20.4. The quantitative estimate of drug-likeness (QED) is 0.147. The van der Waals surface area contributed by atoms with Crippen LogP contribution in [0.2, 0.25) is 0 Å². The van der Waals surface area contributed by atoms with Crippen molar-refractivity contribution in [2.75, 3.05) is 24.9 Å². The van der Waals surface area contributed by atoms with Gasteiger partial charge in [0, 0.05) is 26.0 Å². The van der Waals surface area contributed by atoms with Crippen molar-refractivity contribution in [3.8, 4) is 22.8 Å². The molecule has 1 atom stereocenters. The van der Waals surface area contributed by atoms with Crippen molar-refractivity contribution in [1.29, 1.82) is 0 Å². The summed E-state index contributed by atoms with van der Waals surface area (Å²) < 4.78 is 11.7. The van der Waals surface area contributed by atoms with Crippen molar-refractivity contribution in [1.82, 2.24) is 4.98 Å². The average Bonchev–Trinajstić information content (AvgIpc) is 3.49. The number of ether oxygens (including phenoxy) is 2. The standard InChI is InChI=1S/C32H26BrN3O4S2/c1-39-26-9-6-10-27(40-2)28(26)30(37)34-23-15-17-24(18-16-23)42-29(21-7-4-3-5-8-21)31(38)36-32-35-25(19-41-32)20-11-13-22(33)14-12-20/h3-19,29H,1-2H3,(H,34,37)(H,35,36,38). The number of nitrogens with one attached hydrogen (secondary N) is 2. The zero-order valence-electron chi connectivity index (χ0n) is 22.7. The number of hydrogen-bond donors (Lipinski definition) is 2. The van der Waals surface area contributed by atoms with Gasteiger partial charge in [0.1, 0.15) is 22.3 Å². The van der Waals surface area contributed by atoms with Gasteiger partial charge in [-0.25, -0.2) is 4.98 Å². The molecule has 2 amide bonds. The fourth-order valence-corrected chi connectivity index (χ4v) is 6.19. The van der Waals surface area contributed by atoms with Crippen molar-refractivity contribution in [3.63, 3.8) is 0 Å². The first-order valence-electron chi connectivity index (χ1n) is 12.8. The second-order valence-electron chi connectivity index (χ2n) is 8.96. The third kappa shape index (κ3) is 7.02. The fourth-order valence-electron chi connectivity index (χ4n) is 4.18. The van der Waals surface area contributed by atoms with E-state index in [9.17, 15) is 9.59 Å². The van der Waals surface area contributed by atoms with Crippen LogP contribution in [0.4, 0.5) is 10.8 Å². The van der Waals surface area contributed by atoms with Crippen molar-refractivity contribution in [2.24, 2.45) is 0 Å². The molecule has 0 bridgehead atoms. The molecule has 0 aliphatic rings. The first-order valence-corrected chi connectivity index (χ1v) is 15.4. The highest BCUT2D eigenvalue weighted by Crippen LogP contribution is 2.37. The number of amides is 2. The van der Waals surface area contributed by atoms with Crippen LogP contribution >= 0.6 is 39.0 Å². The van der Waals surface area contributed by atoms with E-state index in [1.54, 1.807) is 30.3 Å². The molecule has 0 saturated heterocycles. The summed E-state index contributed by atoms with van der Waals surface area (Å²) in [6, 6.07) is 30.0. The molecule has 0 fully saturated rings. The Morgan fingerprint density at radius 1 is 0.833 bits per heavy atom. The van der Waals surface area contributed by atoms with Gasteiger partial charge in [0.2, 0.25) is 5.91 Å². The van der Waals surface area contributed by atoms with Crippen LogP contribution in [0.25, 0.3) is 11.3 Å². The van der Waals surface area contributed by atoms with Gasteiger partial charge in [0.05, 0.1) is 19.9 Å².